The van der Waals surface area contributed by atoms with Crippen LogP contribution in [0.2, 0.25) is 0 Å². The molecule has 27 heavy (non-hydrogen) atoms. The first kappa shape index (κ1) is 17.8. The first-order valence-electron chi connectivity index (χ1n) is 8.51. The van der Waals surface area contributed by atoms with Gasteiger partial charge in [-0.15, -0.1) is 0 Å². The van der Waals surface area contributed by atoms with Crippen LogP contribution in [0.3, 0.4) is 0 Å². The van der Waals surface area contributed by atoms with E-state index in [0.29, 0.717) is 35.9 Å². The van der Waals surface area contributed by atoms with Crippen molar-refractivity contribution in [2.75, 3.05) is 13.2 Å². The monoisotopic (exact) mass is 374 g/mol. The molecule has 2 unspecified atom stereocenters. The number of nitrogens with one attached hydrogen (secondary N) is 1. The van der Waals surface area contributed by atoms with Gasteiger partial charge in [0.1, 0.15) is 12.0 Å². The predicted molar refractivity (Wildman–Crippen MR) is 90.6 cm³/mol. The number of hydrazine groups is 1. The number of carbonyl (C=O) groups excluding carboxylic acids is 2. The molecule has 0 spiro atoms. The average molecular weight is 374 g/mol. The summed E-state index contributed by atoms with van der Waals surface area (Å²) in [5.41, 5.74) is 0.791. The molecule has 1 amide bonds. The molecule has 1 aliphatic carbocycles. The van der Waals surface area contributed by atoms with Crippen LogP contribution in [0.5, 0.6) is 0 Å². The van der Waals surface area contributed by atoms with Gasteiger partial charge < -0.3 is 25.5 Å². The number of ketones is 1. The van der Waals surface area contributed by atoms with Gasteiger partial charge in [0.2, 0.25) is 5.78 Å². The van der Waals surface area contributed by atoms with Gasteiger partial charge in [-0.05, 0) is 29.3 Å². The van der Waals surface area contributed by atoms with E-state index in [1.807, 2.05) is 0 Å². The molecule has 0 saturated carbocycles. The van der Waals surface area contributed by atoms with Crippen LogP contribution in [0.4, 0.5) is 4.39 Å². The van der Waals surface area contributed by atoms with E-state index in [4.69, 9.17) is 4.74 Å². The first-order valence-corrected chi connectivity index (χ1v) is 8.51. The molecule has 2 heterocycles. The molecule has 4 rings (SSSR count). The molecular formula is C18H17FN3O5-. The first-order chi connectivity index (χ1) is 13.0. The predicted octanol–water partition coefficient (Wildman–Crippen LogP) is 0.343. The summed E-state index contributed by atoms with van der Waals surface area (Å²) >= 11 is 0. The van der Waals surface area contributed by atoms with Crippen molar-refractivity contribution < 1.29 is 23.8 Å². The van der Waals surface area contributed by atoms with Crippen LogP contribution in [-0.2, 0) is 20.9 Å². The summed E-state index contributed by atoms with van der Waals surface area (Å²) in [6, 6.07) is 5.58. The minimum absolute atomic E-state index is 0.0585. The molecule has 0 aromatic heterocycles. The van der Waals surface area contributed by atoms with Crippen LogP contribution in [0.1, 0.15) is 12.0 Å². The molecular weight excluding hydrogens is 357 g/mol. The van der Waals surface area contributed by atoms with Crippen molar-refractivity contribution >= 4 is 11.7 Å². The summed E-state index contributed by atoms with van der Waals surface area (Å²) in [7, 11) is 0. The average Bonchev–Trinajstić information content (AvgIpc) is 3.12. The van der Waals surface area contributed by atoms with Gasteiger partial charge in [0, 0.05) is 19.5 Å². The number of hydrogen-bond acceptors (Lipinski definition) is 7. The zero-order chi connectivity index (χ0) is 19.1. The fourth-order valence-electron chi connectivity index (χ4n) is 3.43. The molecule has 0 bridgehead atoms. The number of amides is 1. The van der Waals surface area contributed by atoms with Gasteiger partial charge in [-0.25, -0.2) is 9.40 Å². The van der Waals surface area contributed by atoms with Gasteiger partial charge in [-0.3, -0.25) is 9.59 Å². The van der Waals surface area contributed by atoms with E-state index in [1.165, 1.54) is 35.4 Å². The zero-order valence-corrected chi connectivity index (χ0v) is 14.2. The number of aliphatic hydroxyl groups is 1. The second-order valence-electron chi connectivity index (χ2n) is 6.51. The standard InChI is InChI=1S/C18H17FN3O5/c19-12-3-1-10(2-4-12)9-20-18(25)13-7-11-8-14-21(5-6-27-14)22(26)15(11)17(24)16(13)23/h1-4,7,14,17,24H,5-6,8-9H2,(H,20,25)/q-1. The molecule has 2 N–H and O–H groups in total. The summed E-state index contributed by atoms with van der Waals surface area (Å²) in [5.74, 6) is -1.88. The van der Waals surface area contributed by atoms with Crippen molar-refractivity contribution in [2.24, 2.45) is 0 Å². The lowest BCUT2D eigenvalue weighted by Crippen LogP contribution is -2.51. The molecule has 1 aromatic carbocycles. The third-order valence-corrected chi connectivity index (χ3v) is 4.83. The van der Waals surface area contributed by atoms with E-state index in [0.717, 1.165) is 0 Å². The van der Waals surface area contributed by atoms with Crippen LogP contribution < -0.4 is 5.32 Å². The summed E-state index contributed by atoms with van der Waals surface area (Å²) in [5, 5.41) is 27.2. The molecule has 2 aliphatic heterocycles. The lowest BCUT2D eigenvalue weighted by atomic mass is 9.89. The van der Waals surface area contributed by atoms with Crippen molar-refractivity contribution in [1.29, 1.82) is 0 Å². The van der Waals surface area contributed by atoms with E-state index < -0.39 is 24.0 Å². The Bertz CT molecular complexity index is 851. The molecule has 0 radical (unpaired) electrons. The number of fused-ring (bicyclic) bond motifs is 1. The Kier molecular flexibility index (Phi) is 4.52. The number of ether oxygens (including phenoxy) is 1. The Hall–Kier alpha value is -2.59. The summed E-state index contributed by atoms with van der Waals surface area (Å²) < 4.78 is 18.4. The van der Waals surface area contributed by atoms with Crippen LogP contribution >= 0.6 is 0 Å². The summed E-state index contributed by atoms with van der Waals surface area (Å²) in [6.45, 7) is 0.849. The van der Waals surface area contributed by atoms with Crippen LogP contribution in [-0.4, -0.2) is 52.5 Å². The Morgan fingerprint density at radius 1 is 1.37 bits per heavy atom. The lowest BCUT2D eigenvalue weighted by Gasteiger charge is -2.49. The largest absolute Gasteiger partial charge is 0.743 e. The molecule has 2 atom stereocenters. The molecule has 3 aliphatic rings. The van der Waals surface area contributed by atoms with Gasteiger partial charge in [-0.2, -0.15) is 0 Å². The molecule has 9 heteroatoms. The second kappa shape index (κ2) is 6.86. The molecule has 1 aromatic rings. The normalized spacial score (nSPS) is 25.2. The maximum absolute atomic E-state index is 12.9. The number of hydrogen-bond donors (Lipinski definition) is 2. The summed E-state index contributed by atoms with van der Waals surface area (Å²) in [6.07, 6.45) is -0.529. The van der Waals surface area contributed by atoms with Crippen LogP contribution in [0.15, 0.2) is 47.2 Å². The second-order valence-corrected chi connectivity index (χ2v) is 6.51. The van der Waals surface area contributed by atoms with Crippen LogP contribution in [0.25, 0.3) is 0 Å². The smallest absolute Gasteiger partial charge is 0.255 e. The Morgan fingerprint density at radius 2 is 2.11 bits per heavy atom. The topological polar surface area (TPSA) is 105 Å². The molecule has 142 valence electrons. The summed E-state index contributed by atoms with van der Waals surface area (Å²) in [4.78, 5) is 24.9. The van der Waals surface area contributed by atoms with E-state index in [9.17, 15) is 24.3 Å². The van der Waals surface area contributed by atoms with Crippen molar-refractivity contribution in [3.8, 4) is 0 Å². The number of allylic oxidation sites excluding steroid dienone is 1. The number of carbonyl (C=O) groups is 2. The number of hydroxylamine groups is 1. The van der Waals surface area contributed by atoms with Crippen LogP contribution in [0, 0.1) is 11.0 Å². The highest BCUT2D eigenvalue weighted by Gasteiger charge is 2.41. The minimum Gasteiger partial charge on any atom is -0.743 e. The number of benzene rings is 1. The van der Waals surface area contributed by atoms with E-state index in [1.54, 1.807) is 0 Å². The van der Waals surface area contributed by atoms with E-state index in [-0.39, 0.29) is 23.6 Å². The number of aliphatic hydroxyl groups excluding tert-OH is 1. The van der Waals surface area contributed by atoms with Gasteiger partial charge in [0.25, 0.3) is 5.91 Å². The fraction of sp³-hybridized carbons (Fsp3) is 0.333. The Morgan fingerprint density at radius 3 is 2.85 bits per heavy atom. The fourth-order valence-corrected chi connectivity index (χ4v) is 3.43. The van der Waals surface area contributed by atoms with E-state index >= 15 is 0 Å². The number of halogens is 1. The van der Waals surface area contributed by atoms with Gasteiger partial charge in [-0.1, -0.05) is 12.1 Å². The third kappa shape index (κ3) is 3.15. The van der Waals surface area contributed by atoms with Gasteiger partial charge in [0.15, 0.2) is 6.10 Å². The quantitative estimate of drug-likeness (QED) is 0.735. The van der Waals surface area contributed by atoms with Gasteiger partial charge in [0.05, 0.1) is 17.9 Å². The Balaban J connectivity index is 1.54. The van der Waals surface area contributed by atoms with E-state index in [2.05, 4.69) is 5.32 Å². The SMILES string of the molecule is O=C(NCc1ccc(F)cc1)C1=CC2=C(C(O)C1=O)N([O-])N1CCOC1C2. The number of nitrogens with zero attached hydrogens (tertiary/aromatic N) is 2. The molecule has 8 nitrogen and oxygen atoms in total. The number of Topliss-reactive ketones (excluding diaryl/α,β-unsaturated/α-hetero) is 1. The van der Waals surface area contributed by atoms with Crippen molar-refractivity contribution in [3.63, 3.8) is 0 Å². The highest BCUT2D eigenvalue weighted by molar-refractivity contribution is 6.22. The molecule has 1 saturated heterocycles. The minimum atomic E-state index is -1.70. The highest BCUT2D eigenvalue weighted by Crippen LogP contribution is 2.36. The molecule has 1 fully saturated rings. The lowest BCUT2D eigenvalue weighted by molar-refractivity contribution is -0.129. The third-order valence-electron chi connectivity index (χ3n) is 4.83. The van der Waals surface area contributed by atoms with Crippen molar-refractivity contribution in [3.05, 3.63) is 63.8 Å². The van der Waals surface area contributed by atoms with Gasteiger partial charge >= 0.3 is 0 Å². The Labute approximate surface area is 154 Å². The number of rotatable bonds is 3. The van der Waals surface area contributed by atoms with Crippen molar-refractivity contribution in [1.82, 2.24) is 15.5 Å². The van der Waals surface area contributed by atoms with Crippen molar-refractivity contribution in [2.45, 2.75) is 25.3 Å². The maximum atomic E-state index is 12.9. The maximum Gasteiger partial charge on any atom is 0.255 e. The highest BCUT2D eigenvalue weighted by atomic mass is 19.1. The zero-order valence-electron chi connectivity index (χ0n) is 14.2.